The molecule has 592 valence electrons. The summed E-state index contributed by atoms with van der Waals surface area (Å²) in [6.45, 7) is 6.74. The number of aliphatic carboxylic acids is 2. The van der Waals surface area contributed by atoms with Crippen molar-refractivity contribution in [2.45, 2.75) is 75.9 Å². The highest BCUT2D eigenvalue weighted by molar-refractivity contribution is 6.34. The highest BCUT2D eigenvalue weighted by Crippen LogP contribution is 2.34. The van der Waals surface area contributed by atoms with E-state index in [0.717, 1.165) is 4.90 Å². The summed E-state index contributed by atoms with van der Waals surface area (Å²) >= 11 is 12.3. The minimum absolute atomic E-state index is 0.0123. The molecule has 110 heavy (non-hydrogen) atoms. The summed E-state index contributed by atoms with van der Waals surface area (Å²) in [4.78, 5) is 144. The largest absolute Gasteiger partial charge is 0.480 e. The first-order valence-corrected chi connectivity index (χ1v) is 35.3. The van der Waals surface area contributed by atoms with Crippen LogP contribution in [-0.2, 0) is 78.7 Å². The molecule has 8 rings (SSSR count). The Morgan fingerprint density at radius 3 is 1.45 bits per heavy atom. The molecule has 3 aliphatic heterocycles. The number of halogens is 6. The lowest BCUT2D eigenvalue weighted by atomic mass is 10.0. The fourth-order valence-electron chi connectivity index (χ4n) is 11.3. The fraction of sp³-hybridized carbons (Fsp3) is 0.522. The normalized spacial score (nSPS) is 16.5. The van der Waals surface area contributed by atoms with Crippen LogP contribution in [0.2, 0.25) is 10.0 Å². The van der Waals surface area contributed by atoms with Gasteiger partial charge >= 0.3 is 18.1 Å². The molecule has 0 aliphatic carbocycles. The number of carboxylic acids is 2. The number of nitrogens with one attached hydrogen (secondary N) is 6. The number of carboxylic acid groups (broad SMARTS) is 2. The molecule has 7 heterocycles. The number of alkyl halides is 4. The molecule has 8 amide bonds. The molecule has 2 atom stereocenters. The maximum Gasteiger partial charge on any atom is 0.317 e. The van der Waals surface area contributed by atoms with Crippen LogP contribution in [0.15, 0.2) is 55.1 Å². The summed E-state index contributed by atoms with van der Waals surface area (Å²) in [7, 11) is 0. The number of nitrogens with zero attached hydrogens (tertiary/aromatic N) is 15. The number of nitriles is 1. The molecule has 3 fully saturated rings. The van der Waals surface area contributed by atoms with E-state index in [2.05, 4.69) is 67.3 Å². The topological polar surface area (TPSA) is 452 Å². The van der Waals surface area contributed by atoms with E-state index in [4.69, 9.17) is 48.7 Å². The molecule has 3 saturated heterocycles. The van der Waals surface area contributed by atoms with Crippen LogP contribution in [0.4, 0.5) is 17.6 Å². The van der Waals surface area contributed by atoms with Crippen molar-refractivity contribution >= 4 is 82.4 Å². The van der Waals surface area contributed by atoms with E-state index in [1.807, 2.05) is 4.90 Å². The number of pyridine rings is 2. The fourth-order valence-corrected chi connectivity index (χ4v) is 11.7. The molecule has 0 bridgehead atoms. The number of ether oxygens (including phenoxy) is 4. The zero-order chi connectivity index (χ0) is 79.3. The molecule has 0 saturated carbocycles. The minimum atomic E-state index is -3.23. The predicted molar refractivity (Wildman–Crippen MR) is 376 cm³/mol. The molecule has 8 N–H and O–H groups in total. The second-order valence-corrected chi connectivity index (χ2v) is 26.2. The molecule has 43 heteroatoms. The summed E-state index contributed by atoms with van der Waals surface area (Å²) in [5.74, 6) is -13.5. The molecular weight excluding hydrogens is 1500 g/mol. The van der Waals surface area contributed by atoms with Crippen molar-refractivity contribution in [2.24, 2.45) is 0 Å². The monoisotopic (exact) mass is 1580 g/mol. The van der Waals surface area contributed by atoms with Crippen LogP contribution in [0.5, 0.6) is 0 Å². The van der Waals surface area contributed by atoms with Gasteiger partial charge in [-0.3, -0.25) is 82.4 Å². The number of likely N-dealkylation sites (tertiary alicyclic amines) is 2. The van der Waals surface area contributed by atoms with Crippen LogP contribution in [0, 0.1) is 17.9 Å². The number of rotatable bonds is 40. The number of benzene rings is 1. The van der Waals surface area contributed by atoms with E-state index in [1.54, 1.807) is 46.5 Å². The van der Waals surface area contributed by atoms with E-state index in [1.165, 1.54) is 33.9 Å². The highest BCUT2D eigenvalue weighted by Gasteiger charge is 2.51. The molecule has 0 spiro atoms. The van der Waals surface area contributed by atoms with Crippen LogP contribution < -0.4 is 31.9 Å². The standard InChI is InChI=1S/C67H81Cl2F4N21O16/c1-75-55-28-67(72,73)42-94(55)60(99)35-83-65(106)50-26-47(79-33-52(50)69)31-81-57(96)3-15-108-19-21-110-17-13-92-37-54(85-87-92)44-22-43(23-45(24-44)63(104)77-5-4-76-58(97)38-88-6-8-89(39-61(100)101)10-11-90(9-7-88)40-62(102)103)53-36-91(86-84-53)12-16-109-20-18-107-14-2-56(95)80-30-46-25-49(51(68)32-78-46)64(105)82-34-59(98)93-41-66(70,71)27-48(93)29-74/h22-26,32-33,36-37,48,55H,2-21,27-28,30-31,34-35,38-42H2,(H,76,97)(H,77,104)(H,80,95)(H,81,96)(H,82,105)(H,83,106)(H,100,101)(H,102,103)/t48-,55+/m1/s1. The number of hydrogen-bond acceptors (Lipinski definition) is 24. The molecule has 37 nitrogen and oxygen atoms in total. The molecule has 0 unspecified atom stereocenters. The summed E-state index contributed by atoms with van der Waals surface area (Å²) in [5, 5.41) is 60.7. The molecule has 5 aromatic rings. The lowest BCUT2D eigenvalue weighted by Gasteiger charge is -2.24. The van der Waals surface area contributed by atoms with Crippen LogP contribution in [-0.4, -0.2) is 309 Å². The van der Waals surface area contributed by atoms with Gasteiger partial charge in [0.1, 0.15) is 23.9 Å². The first-order chi connectivity index (χ1) is 52.6. The smallest absolute Gasteiger partial charge is 0.317 e. The summed E-state index contributed by atoms with van der Waals surface area (Å²) in [6, 6.07) is 7.89. The zero-order valence-corrected chi connectivity index (χ0v) is 60.9. The highest BCUT2D eigenvalue weighted by atomic mass is 35.5. The Bertz CT molecular complexity index is 3930. The van der Waals surface area contributed by atoms with E-state index in [9.17, 15) is 81.0 Å². The second kappa shape index (κ2) is 41.9. The number of carbonyl (C=O) groups excluding carboxylic acids is 8. The lowest BCUT2D eigenvalue weighted by molar-refractivity contribution is -0.140. The maximum atomic E-state index is 13.9. The van der Waals surface area contributed by atoms with Gasteiger partial charge in [0, 0.05) is 101 Å². The lowest BCUT2D eigenvalue weighted by Crippen LogP contribution is -2.44. The summed E-state index contributed by atoms with van der Waals surface area (Å²) in [5.41, 5.74) is 2.23. The van der Waals surface area contributed by atoms with Crippen molar-refractivity contribution in [3.63, 3.8) is 0 Å². The van der Waals surface area contributed by atoms with Gasteiger partial charge in [0.15, 0.2) is 0 Å². The number of aromatic nitrogens is 8. The van der Waals surface area contributed by atoms with Crippen molar-refractivity contribution < 1.29 is 94.7 Å². The zero-order valence-electron chi connectivity index (χ0n) is 59.4. The van der Waals surface area contributed by atoms with Gasteiger partial charge in [-0.15, -0.1) is 10.2 Å². The van der Waals surface area contributed by atoms with Gasteiger partial charge in [0.25, 0.3) is 29.6 Å². The Labute approximate surface area is 636 Å². The number of amides is 8. The van der Waals surface area contributed by atoms with Gasteiger partial charge < -0.3 is 66.0 Å². The van der Waals surface area contributed by atoms with E-state index in [-0.39, 0.29) is 169 Å². The molecule has 4 aromatic heterocycles. The Morgan fingerprint density at radius 1 is 0.555 bits per heavy atom. The Balaban J connectivity index is 0.771. The summed E-state index contributed by atoms with van der Waals surface area (Å²) < 4.78 is 81.1. The van der Waals surface area contributed by atoms with E-state index in [0.29, 0.717) is 66.7 Å². The first kappa shape index (κ1) is 85.1. The second-order valence-electron chi connectivity index (χ2n) is 25.4. The van der Waals surface area contributed by atoms with E-state index >= 15 is 0 Å². The number of carbonyl (C=O) groups is 10. The SMILES string of the molecule is [C-]#[N+][C@@H]1CC(F)(F)CN1C(=O)CNC(=O)c1cc(CNC(=O)CCOCCOCCn2cc(-c3cc(C(=O)NCCNC(=O)CN4CCN(CC(=O)O)CCN(CC(=O)O)CC4)cc(-c4cn(CCOCCOCCC(=O)NCc5cc(C(=O)NCC(=O)N6CC(F)(F)C[C@@H]6C#N)c(Cl)cn5)nn4)c3)nn2)ncc1Cl. The van der Waals surface area contributed by atoms with Crippen LogP contribution in [0.25, 0.3) is 27.4 Å². The average molecular weight is 1580 g/mol. The first-order valence-electron chi connectivity index (χ1n) is 34.6. The van der Waals surface area contributed by atoms with Gasteiger partial charge in [-0.1, -0.05) is 33.6 Å². The molecule has 0 radical (unpaired) electrons. The molecular formula is C67H81Cl2F4N21O16. The van der Waals surface area contributed by atoms with Crippen molar-refractivity contribution in [2.75, 3.05) is 151 Å². The van der Waals surface area contributed by atoms with Crippen molar-refractivity contribution in [1.29, 1.82) is 5.26 Å². The van der Waals surface area contributed by atoms with Gasteiger partial charge in [-0.25, -0.2) is 33.5 Å². The predicted octanol–water partition coefficient (Wildman–Crippen LogP) is 0.0470. The Kier molecular flexibility index (Phi) is 32.4. The Hall–Kier alpha value is -10.5. The third-order valence-corrected chi connectivity index (χ3v) is 17.6. The van der Waals surface area contributed by atoms with Gasteiger partial charge in [-0.2, -0.15) is 5.26 Å². The van der Waals surface area contributed by atoms with Gasteiger partial charge in [0.05, 0.1) is 176 Å². The van der Waals surface area contributed by atoms with Crippen LogP contribution >= 0.6 is 23.2 Å². The minimum Gasteiger partial charge on any atom is -0.480 e. The van der Waals surface area contributed by atoms with Crippen molar-refractivity contribution in [3.05, 3.63) is 105 Å². The van der Waals surface area contributed by atoms with Crippen LogP contribution in [0.1, 0.15) is 68.1 Å². The van der Waals surface area contributed by atoms with E-state index < -0.39 is 116 Å². The van der Waals surface area contributed by atoms with Crippen LogP contribution in [0.3, 0.4) is 0 Å². The number of hydrogen-bond donors (Lipinski definition) is 8. The third kappa shape index (κ3) is 27.6. The third-order valence-electron chi connectivity index (χ3n) is 17.0. The summed E-state index contributed by atoms with van der Waals surface area (Å²) in [6.07, 6.45) is 2.62. The van der Waals surface area contributed by atoms with Gasteiger partial charge in [-0.05, 0) is 30.3 Å². The quantitative estimate of drug-likeness (QED) is 0.0146. The average Bonchev–Trinajstić information content (AvgIpc) is 1.61. The van der Waals surface area contributed by atoms with Crippen molar-refractivity contribution in [1.82, 2.24) is 96.4 Å². The molecule has 1 aromatic carbocycles. The maximum absolute atomic E-state index is 13.9. The molecule has 3 aliphatic rings. The Morgan fingerprint density at radius 2 is 0.991 bits per heavy atom. The van der Waals surface area contributed by atoms with Crippen molar-refractivity contribution in [3.8, 4) is 28.6 Å². The van der Waals surface area contributed by atoms with Gasteiger partial charge in [0.2, 0.25) is 29.5 Å².